The zero-order valence-corrected chi connectivity index (χ0v) is 19.3. The first-order valence-corrected chi connectivity index (χ1v) is 11.6. The van der Waals surface area contributed by atoms with Crippen LogP contribution in [-0.2, 0) is 26.1 Å². The van der Waals surface area contributed by atoms with E-state index in [1.54, 1.807) is 30.3 Å². The number of rotatable bonds is 9. The number of ether oxygens (including phenoxy) is 2. The van der Waals surface area contributed by atoms with Crippen LogP contribution in [0.2, 0.25) is 0 Å². The summed E-state index contributed by atoms with van der Waals surface area (Å²) in [4.78, 5) is 24.1. The van der Waals surface area contributed by atoms with Crippen LogP contribution in [0, 0.1) is 12.7 Å². The summed E-state index contributed by atoms with van der Waals surface area (Å²) < 4.78 is 52.0. The van der Waals surface area contributed by atoms with Crippen molar-refractivity contribution in [3.8, 4) is 5.75 Å². The molecule has 3 aromatic rings. The standard InChI is InChI=1S/C24H23FN2O6S/c1-16-7-10-19(11-8-16)27-34(30,31)22-13-17(9-12-21(22)32-2)24(29)33-15-23(28)26-14-18-5-3-4-6-20(18)25/h3-13,27H,14-15H2,1-2H3,(H,26,28). The van der Waals surface area contributed by atoms with E-state index in [0.29, 0.717) is 5.69 Å². The lowest BCUT2D eigenvalue weighted by Gasteiger charge is -2.13. The molecule has 0 fully saturated rings. The number of esters is 1. The number of carbonyl (C=O) groups is 2. The smallest absolute Gasteiger partial charge is 0.338 e. The molecule has 178 valence electrons. The topological polar surface area (TPSA) is 111 Å². The fraction of sp³-hybridized carbons (Fsp3) is 0.167. The minimum Gasteiger partial charge on any atom is -0.495 e. The molecule has 10 heteroatoms. The summed E-state index contributed by atoms with van der Waals surface area (Å²) in [6.45, 7) is 1.18. The number of anilines is 1. The third-order valence-corrected chi connectivity index (χ3v) is 6.16. The Bertz CT molecular complexity index is 1290. The van der Waals surface area contributed by atoms with Gasteiger partial charge in [-0.15, -0.1) is 0 Å². The molecule has 0 aliphatic heterocycles. The highest BCUT2D eigenvalue weighted by Crippen LogP contribution is 2.27. The number of aryl methyl sites for hydroxylation is 1. The number of halogens is 1. The summed E-state index contributed by atoms with van der Waals surface area (Å²) in [5.41, 5.74) is 1.50. The fourth-order valence-corrected chi connectivity index (χ4v) is 4.20. The second-order valence-electron chi connectivity index (χ2n) is 7.28. The second kappa shape index (κ2) is 10.8. The Morgan fingerprint density at radius 2 is 1.71 bits per heavy atom. The van der Waals surface area contributed by atoms with E-state index in [9.17, 15) is 22.4 Å². The van der Waals surface area contributed by atoms with Gasteiger partial charge in [0.05, 0.1) is 12.7 Å². The van der Waals surface area contributed by atoms with Crippen LogP contribution in [0.15, 0.2) is 71.6 Å². The van der Waals surface area contributed by atoms with Crippen molar-refractivity contribution in [2.24, 2.45) is 0 Å². The number of carbonyl (C=O) groups excluding carboxylic acids is 2. The van der Waals surface area contributed by atoms with Crippen LogP contribution >= 0.6 is 0 Å². The van der Waals surface area contributed by atoms with Gasteiger partial charge >= 0.3 is 5.97 Å². The molecule has 8 nitrogen and oxygen atoms in total. The van der Waals surface area contributed by atoms with E-state index in [4.69, 9.17) is 9.47 Å². The summed E-state index contributed by atoms with van der Waals surface area (Å²) in [7, 11) is -2.79. The Morgan fingerprint density at radius 1 is 1.00 bits per heavy atom. The summed E-state index contributed by atoms with van der Waals surface area (Å²) in [6.07, 6.45) is 0. The van der Waals surface area contributed by atoms with E-state index in [-0.39, 0.29) is 28.3 Å². The number of hydrogen-bond donors (Lipinski definition) is 2. The zero-order valence-electron chi connectivity index (χ0n) is 18.5. The van der Waals surface area contributed by atoms with Crippen LogP contribution in [0.4, 0.5) is 10.1 Å². The van der Waals surface area contributed by atoms with E-state index in [1.165, 1.54) is 37.4 Å². The molecule has 0 spiro atoms. The predicted octanol–water partition coefficient (Wildman–Crippen LogP) is 3.42. The average molecular weight is 487 g/mol. The van der Waals surface area contributed by atoms with Gasteiger partial charge in [0.1, 0.15) is 16.5 Å². The third kappa shape index (κ3) is 6.32. The highest BCUT2D eigenvalue weighted by Gasteiger charge is 2.23. The summed E-state index contributed by atoms with van der Waals surface area (Å²) >= 11 is 0. The minimum atomic E-state index is -4.10. The van der Waals surface area contributed by atoms with Crippen LogP contribution in [0.1, 0.15) is 21.5 Å². The highest BCUT2D eigenvalue weighted by atomic mass is 32.2. The van der Waals surface area contributed by atoms with Gasteiger partial charge in [-0.1, -0.05) is 35.9 Å². The third-order valence-electron chi connectivity index (χ3n) is 4.76. The lowest BCUT2D eigenvalue weighted by Crippen LogP contribution is -2.28. The maximum atomic E-state index is 13.6. The molecule has 0 heterocycles. The van der Waals surface area contributed by atoms with Gasteiger partial charge in [-0.3, -0.25) is 9.52 Å². The lowest BCUT2D eigenvalue weighted by atomic mass is 10.2. The van der Waals surface area contributed by atoms with Crippen LogP contribution in [0.25, 0.3) is 0 Å². The Hall–Kier alpha value is -3.92. The number of sulfonamides is 1. The Labute approximate surface area is 196 Å². The quantitative estimate of drug-likeness (QED) is 0.449. The van der Waals surface area contributed by atoms with Crippen molar-refractivity contribution in [1.82, 2.24) is 5.32 Å². The first kappa shape index (κ1) is 24.7. The number of amides is 1. The molecule has 0 aliphatic carbocycles. The number of methoxy groups -OCH3 is 1. The van der Waals surface area contributed by atoms with Gasteiger partial charge in [0.2, 0.25) is 0 Å². The largest absolute Gasteiger partial charge is 0.495 e. The summed E-state index contributed by atoms with van der Waals surface area (Å²) in [5, 5.41) is 2.45. The minimum absolute atomic E-state index is 0.0267. The van der Waals surface area contributed by atoms with Crippen molar-refractivity contribution in [1.29, 1.82) is 0 Å². The monoisotopic (exact) mass is 486 g/mol. The molecular formula is C24H23FN2O6S. The molecule has 0 unspecified atom stereocenters. The molecule has 0 atom stereocenters. The molecule has 0 radical (unpaired) electrons. The molecule has 0 bridgehead atoms. The molecule has 0 saturated carbocycles. The first-order valence-electron chi connectivity index (χ1n) is 10.1. The molecule has 3 rings (SSSR count). The van der Waals surface area contributed by atoms with Crippen LogP contribution in [0.5, 0.6) is 5.75 Å². The van der Waals surface area contributed by atoms with E-state index in [1.807, 2.05) is 6.92 Å². The van der Waals surface area contributed by atoms with Gasteiger partial charge in [-0.25, -0.2) is 17.6 Å². The summed E-state index contributed by atoms with van der Waals surface area (Å²) in [5.74, 6) is -1.99. The van der Waals surface area contributed by atoms with Gasteiger partial charge in [0.15, 0.2) is 6.61 Å². The molecular weight excluding hydrogens is 463 g/mol. The normalized spacial score (nSPS) is 10.9. The van der Waals surface area contributed by atoms with Crippen LogP contribution < -0.4 is 14.8 Å². The van der Waals surface area contributed by atoms with Crippen molar-refractivity contribution in [3.63, 3.8) is 0 Å². The summed E-state index contributed by atoms with van der Waals surface area (Å²) in [6, 6.07) is 16.4. The van der Waals surface area contributed by atoms with Crippen molar-refractivity contribution < 1.29 is 31.9 Å². The van der Waals surface area contributed by atoms with Crippen LogP contribution in [0.3, 0.4) is 0 Å². The number of nitrogens with one attached hydrogen (secondary N) is 2. The van der Waals surface area contributed by atoms with Gasteiger partial charge in [-0.05, 0) is 43.3 Å². The van der Waals surface area contributed by atoms with Gasteiger partial charge in [-0.2, -0.15) is 0 Å². The molecule has 2 N–H and O–H groups in total. The highest BCUT2D eigenvalue weighted by molar-refractivity contribution is 7.92. The molecule has 0 aliphatic rings. The van der Waals surface area contributed by atoms with E-state index < -0.39 is 34.3 Å². The molecule has 1 amide bonds. The van der Waals surface area contributed by atoms with Gasteiger partial charge < -0.3 is 14.8 Å². The van der Waals surface area contributed by atoms with Crippen molar-refractivity contribution in [3.05, 3.63) is 89.2 Å². The molecule has 34 heavy (non-hydrogen) atoms. The average Bonchev–Trinajstić information content (AvgIpc) is 2.83. The van der Waals surface area contributed by atoms with Crippen LogP contribution in [-0.4, -0.2) is 34.0 Å². The van der Waals surface area contributed by atoms with E-state index >= 15 is 0 Å². The molecule has 3 aromatic carbocycles. The first-order chi connectivity index (χ1) is 16.2. The maximum Gasteiger partial charge on any atom is 0.338 e. The maximum absolute atomic E-state index is 13.6. The lowest BCUT2D eigenvalue weighted by molar-refractivity contribution is -0.124. The fourth-order valence-electron chi connectivity index (χ4n) is 2.95. The second-order valence-corrected chi connectivity index (χ2v) is 8.93. The van der Waals surface area contributed by atoms with Crippen molar-refractivity contribution in [2.75, 3.05) is 18.4 Å². The Morgan fingerprint density at radius 3 is 2.38 bits per heavy atom. The number of benzene rings is 3. The van der Waals surface area contributed by atoms with Crippen molar-refractivity contribution >= 4 is 27.6 Å². The van der Waals surface area contributed by atoms with Gasteiger partial charge in [0, 0.05) is 17.8 Å². The predicted molar refractivity (Wildman–Crippen MR) is 124 cm³/mol. The number of hydrogen-bond acceptors (Lipinski definition) is 6. The SMILES string of the molecule is COc1ccc(C(=O)OCC(=O)NCc2ccccc2F)cc1S(=O)(=O)Nc1ccc(C)cc1. The van der Waals surface area contributed by atoms with E-state index in [0.717, 1.165) is 11.6 Å². The van der Waals surface area contributed by atoms with E-state index in [2.05, 4.69) is 10.0 Å². The Balaban J connectivity index is 1.68. The zero-order chi connectivity index (χ0) is 24.7. The Kier molecular flexibility index (Phi) is 7.85. The van der Waals surface area contributed by atoms with Gasteiger partial charge in [0.25, 0.3) is 15.9 Å². The van der Waals surface area contributed by atoms with Crippen molar-refractivity contribution in [2.45, 2.75) is 18.4 Å². The molecule has 0 saturated heterocycles. The molecule has 0 aromatic heterocycles.